The summed E-state index contributed by atoms with van der Waals surface area (Å²) < 4.78 is 11.3. The molecular formula is C28H30N2O4. The third kappa shape index (κ3) is 6.85. The normalized spacial score (nSPS) is 13.6. The summed E-state index contributed by atoms with van der Waals surface area (Å²) in [6, 6.07) is 23.8. The molecule has 0 saturated heterocycles. The summed E-state index contributed by atoms with van der Waals surface area (Å²) >= 11 is 0. The van der Waals surface area contributed by atoms with Gasteiger partial charge in [-0.05, 0) is 73.5 Å². The van der Waals surface area contributed by atoms with E-state index in [1.165, 1.54) is 19.3 Å². The average molecular weight is 459 g/mol. The fourth-order valence-corrected chi connectivity index (χ4v) is 3.96. The summed E-state index contributed by atoms with van der Waals surface area (Å²) in [5, 5.41) is 5.97. The van der Waals surface area contributed by atoms with Crippen molar-refractivity contribution in [1.82, 2.24) is 5.32 Å². The lowest BCUT2D eigenvalue weighted by Crippen LogP contribution is -2.36. The molecule has 4 rings (SSSR count). The van der Waals surface area contributed by atoms with E-state index in [0.717, 1.165) is 18.6 Å². The third-order valence-electron chi connectivity index (χ3n) is 5.83. The molecule has 176 valence electrons. The number of hydrogen-bond donors (Lipinski definition) is 2. The van der Waals surface area contributed by atoms with Gasteiger partial charge in [-0.25, -0.2) is 0 Å². The molecule has 1 aliphatic rings. The molecule has 1 fully saturated rings. The second-order valence-electron chi connectivity index (χ2n) is 8.37. The molecule has 2 N–H and O–H groups in total. The highest BCUT2D eigenvalue weighted by Gasteiger charge is 2.16. The molecule has 1 aliphatic carbocycles. The van der Waals surface area contributed by atoms with Crippen molar-refractivity contribution < 1.29 is 19.1 Å². The highest BCUT2D eigenvalue weighted by molar-refractivity contribution is 6.04. The molecule has 3 aromatic carbocycles. The number of para-hydroxylation sites is 1. The number of nitrogens with one attached hydrogen (secondary N) is 2. The van der Waals surface area contributed by atoms with Gasteiger partial charge in [-0.1, -0.05) is 37.5 Å². The van der Waals surface area contributed by atoms with Crippen LogP contribution in [0.5, 0.6) is 11.5 Å². The molecule has 3 aromatic rings. The van der Waals surface area contributed by atoms with Crippen LogP contribution < -0.4 is 20.1 Å². The van der Waals surface area contributed by atoms with E-state index in [1.54, 1.807) is 48.5 Å². The Hall–Kier alpha value is -3.80. The Labute approximate surface area is 200 Å². The SMILES string of the molecule is O=C(Nc1ccc(C(=O)NC2CCCCC2)cc1)c1ccc(OCCOc2ccccc2)cc1. The van der Waals surface area contributed by atoms with E-state index < -0.39 is 0 Å². The number of hydrogen-bond acceptors (Lipinski definition) is 4. The maximum atomic E-state index is 12.6. The van der Waals surface area contributed by atoms with Gasteiger partial charge < -0.3 is 20.1 Å². The van der Waals surface area contributed by atoms with Gasteiger partial charge in [0.15, 0.2) is 0 Å². The molecule has 6 heteroatoms. The molecule has 0 bridgehead atoms. The Morgan fingerprint density at radius 1 is 0.676 bits per heavy atom. The Kier molecular flexibility index (Phi) is 8.17. The number of anilines is 1. The summed E-state index contributed by atoms with van der Waals surface area (Å²) in [7, 11) is 0. The van der Waals surface area contributed by atoms with Gasteiger partial charge in [-0.15, -0.1) is 0 Å². The van der Waals surface area contributed by atoms with Crippen LogP contribution in [0.3, 0.4) is 0 Å². The third-order valence-corrected chi connectivity index (χ3v) is 5.83. The first-order valence-electron chi connectivity index (χ1n) is 11.8. The van der Waals surface area contributed by atoms with Crippen LogP contribution >= 0.6 is 0 Å². The van der Waals surface area contributed by atoms with E-state index in [9.17, 15) is 9.59 Å². The van der Waals surface area contributed by atoms with E-state index in [2.05, 4.69) is 10.6 Å². The van der Waals surface area contributed by atoms with Gasteiger partial charge in [-0.3, -0.25) is 9.59 Å². The van der Waals surface area contributed by atoms with E-state index in [4.69, 9.17) is 9.47 Å². The van der Waals surface area contributed by atoms with Gasteiger partial charge in [0.2, 0.25) is 0 Å². The van der Waals surface area contributed by atoms with Gasteiger partial charge in [0, 0.05) is 22.9 Å². The van der Waals surface area contributed by atoms with Crippen molar-refractivity contribution in [2.45, 2.75) is 38.1 Å². The van der Waals surface area contributed by atoms with Crippen LogP contribution in [-0.2, 0) is 0 Å². The van der Waals surface area contributed by atoms with Crippen LogP contribution in [0.15, 0.2) is 78.9 Å². The van der Waals surface area contributed by atoms with E-state index in [-0.39, 0.29) is 17.9 Å². The summed E-state index contributed by atoms with van der Waals surface area (Å²) in [6.07, 6.45) is 5.69. The lowest BCUT2D eigenvalue weighted by atomic mass is 9.95. The van der Waals surface area contributed by atoms with Crippen LogP contribution in [-0.4, -0.2) is 31.1 Å². The summed E-state index contributed by atoms with van der Waals surface area (Å²) in [5.41, 5.74) is 1.76. The van der Waals surface area contributed by atoms with Gasteiger partial charge in [-0.2, -0.15) is 0 Å². The topological polar surface area (TPSA) is 76.7 Å². The predicted octanol–water partition coefficient (Wildman–Crippen LogP) is 5.46. The Balaban J connectivity index is 1.22. The zero-order valence-corrected chi connectivity index (χ0v) is 19.2. The quantitative estimate of drug-likeness (QED) is 0.418. The first kappa shape index (κ1) is 23.4. The summed E-state index contributed by atoms with van der Waals surface area (Å²) in [6.45, 7) is 0.835. The number of carbonyl (C=O) groups is 2. The first-order chi connectivity index (χ1) is 16.7. The molecule has 0 aliphatic heterocycles. The van der Waals surface area contributed by atoms with Crippen LogP contribution in [0.25, 0.3) is 0 Å². The van der Waals surface area contributed by atoms with Crippen molar-refractivity contribution in [3.05, 3.63) is 90.0 Å². The largest absolute Gasteiger partial charge is 0.490 e. The van der Waals surface area contributed by atoms with Crippen molar-refractivity contribution in [2.75, 3.05) is 18.5 Å². The predicted molar refractivity (Wildman–Crippen MR) is 133 cm³/mol. The van der Waals surface area contributed by atoms with Crippen molar-refractivity contribution in [3.8, 4) is 11.5 Å². The molecule has 0 atom stereocenters. The van der Waals surface area contributed by atoms with Crippen LogP contribution in [0.4, 0.5) is 5.69 Å². The maximum Gasteiger partial charge on any atom is 0.255 e. The second-order valence-corrected chi connectivity index (χ2v) is 8.37. The highest BCUT2D eigenvalue weighted by atomic mass is 16.5. The van der Waals surface area contributed by atoms with Crippen molar-refractivity contribution in [2.24, 2.45) is 0 Å². The molecule has 0 unspecified atom stereocenters. The van der Waals surface area contributed by atoms with Crippen molar-refractivity contribution in [3.63, 3.8) is 0 Å². The highest BCUT2D eigenvalue weighted by Crippen LogP contribution is 2.19. The number of carbonyl (C=O) groups excluding carboxylic acids is 2. The number of ether oxygens (including phenoxy) is 2. The Bertz CT molecular complexity index is 1060. The molecule has 0 spiro atoms. The summed E-state index contributed by atoms with van der Waals surface area (Å²) in [5.74, 6) is 1.19. The second kappa shape index (κ2) is 11.9. The van der Waals surface area contributed by atoms with Crippen LogP contribution in [0.2, 0.25) is 0 Å². The molecule has 6 nitrogen and oxygen atoms in total. The molecule has 0 radical (unpaired) electrons. The summed E-state index contributed by atoms with van der Waals surface area (Å²) in [4.78, 5) is 25.0. The number of benzene rings is 3. The molecule has 0 aromatic heterocycles. The number of rotatable bonds is 9. The van der Waals surface area contributed by atoms with E-state index in [0.29, 0.717) is 35.8 Å². The van der Waals surface area contributed by atoms with E-state index >= 15 is 0 Å². The minimum atomic E-state index is -0.224. The minimum Gasteiger partial charge on any atom is -0.490 e. The molecule has 1 saturated carbocycles. The Morgan fingerprint density at radius 2 is 1.24 bits per heavy atom. The number of amides is 2. The zero-order valence-electron chi connectivity index (χ0n) is 19.2. The van der Waals surface area contributed by atoms with Gasteiger partial charge in [0.1, 0.15) is 24.7 Å². The lowest BCUT2D eigenvalue weighted by Gasteiger charge is -2.22. The monoisotopic (exact) mass is 458 g/mol. The fourth-order valence-electron chi connectivity index (χ4n) is 3.96. The molecule has 0 heterocycles. The molecule has 2 amide bonds. The van der Waals surface area contributed by atoms with Gasteiger partial charge >= 0.3 is 0 Å². The van der Waals surface area contributed by atoms with Crippen LogP contribution in [0.1, 0.15) is 52.8 Å². The zero-order chi connectivity index (χ0) is 23.6. The van der Waals surface area contributed by atoms with Gasteiger partial charge in [0.05, 0.1) is 0 Å². The maximum absolute atomic E-state index is 12.6. The van der Waals surface area contributed by atoms with E-state index in [1.807, 2.05) is 30.3 Å². The van der Waals surface area contributed by atoms with Gasteiger partial charge in [0.25, 0.3) is 11.8 Å². The van der Waals surface area contributed by atoms with Crippen molar-refractivity contribution in [1.29, 1.82) is 0 Å². The standard InChI is InChI=1S/C28H30N2O4/c31-27(29-23-7-3-1-4-8-23)21-11-15-24(16-12-21)30-28(32)22-13-17-26(18-14-22)34-20-19-33-25-9-5-2-6-10-25/h2,5-6,9-18,23H,1,3-4,7-8,19-20H2,(H,29,31)(H,30,32). The van der Waals surface area contributed by atoms with Crippen molar-refractivity contribution >= 4 is 17.5 Å². The lowest BCUT2D eigenvalue weighted by molar-refractivity contribution is 0.0927. The Morgan fingerprint density at radius 3 is 1.88 bits per heavy atom. The first-order valence-corrected chi connectivity index (χ1v) is 11.8. The minimum absolute atomic E-state index is 0.0606. The molecule has 34 heavy (non-hydrogen) atoms. The van der Waals surface area contributed by atoms with Crippen LogP contribution in [0, 0.1) is 0 Å². The fraction of sp³-hybridized carbons (Fsp3) is 0.286. The average Bonchev–Trinajstić information content (AvgIpc) is 2.88. The smallest absolute Gasteiger partial charge is 0.255 e. The molecular weight excluding hydrogens is 428 g/mol.